The molecule has 2 aliphatic rings. The van der Waals surface area contributed by atoms with Gasteiger partial charge in [-0.25, -0.2) is 4.39 Å². The minimum absolute atomic E-state index is 0.118. The number of hydrogen-bond donors (Lipinski definition) is 0. The third kappa shape index (κ3) is 3.92. The lowest BCUT2D eigenvalue weighted by molar-refractivity contribution is -0.146. The summed E-state index contributed by atoms with van der Waals surface area (Å²) in [6.07, 6.45) is 4.00. The molecule has 0 saturated carbocycles. The summed E-state index contributed by atoms with van der Waals surface area (Å²) in [5.41, 5.74) is 0.955. The van der Waals surface area contributed by atoms with Crippen molar-refractivity contribution in [2.75, 3.05) is 13.1 Å². The first-order valence-corrected chi connectivity index (χ1v) is 9.86. The van der Waals surface area contributed by atoms with Gasteiger partial charge in [0.15, 0.2) is 0 Å². The van der Waals surface area contributed by atoms with E-state index >= 15 is 0 Å². The van der Waals surface area contributed by atoms with Gasteiger partial charge in [0.1, 0.15) is 5.82 Å². The Morgan fingerprint density at radius 3 is 2.54 bits per heavy atom. The van der Waals surface area contributed by atoms with Crippen molar-refractivity contribution in [1.29, 1.82) is 0 Å². The topological polar surface area (TPSA) is 40.6 Å². The number of hydrogen-bond acceptors (Lipinski definition) is 2. The van der Waals surface area contributed by atoms with Gasteiger partial charge in [0.05, 0.1) is 0 Å². The molecule has 4 nitrogen and oxygen atoms in total. The molecule has 0 aliphatic carbocycles. The van der Waals surface area contributed by atoms with Crippen molar-refractivity contribution >= 4 is 11.8 Å². The van der Waals surface area contributed by atoms with Crippen LogP contribution in [0.5, 0.6) is 0 Å². The molecule has 2 fully saturated rings. The van der Waals surface area contributed by atoms with E-state index in [4.69, 9.17) is 0 Å². The number of fused-ring (bicyclic) bond motifs is 1. The van der Waals surface area contributed by atoms with E-state index in [9.17, 15) is 14.0 Å². The molecule has 5 heteroatoms. The molecule has 1 aromatic rings. The van der Waals surface area contributed by atoms with Crippen LogP contribution in [0.15, 0.2) is 24.3 Å². The summed E-state index contributed by atoms with van der Waals surface area (Å²) in [6, 6.07) is 6.57. The Kier molecular flexibility index (Phi) is 5.94. The summed E-state index contributed by atoms with van der Waals surface area (Å²) in [6.45, 7) is 6.16. The highest BCUT2D eigenvalue weighted by Crippen LogP contribution is 2.33. The normalized spacial score (nSPS) is 23.3. The molecule has 2 atom stereocenters. The van der Waals surface area contributed by atoms with Crippen LogP contribution in [0.25, 0.3) is 0 Å². The van der Waals surface area contributed by atoms with E-state index in [2.05, 4.69) is 13.8 Å². The highest BCUT2D eigenvalue weighted by Gasteiger charge is 2.40. The van der Waals surface area contributed by atoms with Gasteiger partial charge in [0.2, 0.25) is 11.8 Å². The summed E-state index contributed by atoms with van der Waals surface area (Å²) in [5, 5.41) is 0. The Bertz CT molecular complexity index is 642. The first kappa shape index (κ1) is 18.9. The number of amides is 2. The van der Waals surface area contributed by atoms with E-state index in [0.29, 0.717) is 18.9 Å². The Hall–Kier alpha value is -1.91. The Balaban J connectivity index is 1.68. The van der Waals surface area contributed by atoms with Gasteiger partial charge in [0, 0.05) is 38.0 Å². The smallest absolute Gasteiger partial charge is 0.225 e. The number of benzene rings is 1. The largest absolute Gasteiger partial charge is 0.342 e. The lowest BCUT2D eigenvalue weighted by atomic mass is 9.82. The van der Waals surface area contributed by atoms with Gasteiger partial charge in [-0.3, -0.25) is 9.59 Å². The number of carbonyl (C=O) groups is 2. The van der Waals surface area contributed by atoms with Crippen LogP contribution >= 0.6 is 0 Å². The van der Waals surface area contributed by atoms with Crippen LogP contribution < -0.4 is 0 Å². The number of likely N-dealkylation sites (tertiary alicyclic amines) is 2. The van der Waals surface area contributed by atoms with Crippen molar-refractivity contribution < 1.29 is 14.0 Å². The zero-order valence-corrected chi connectivity index (χ0v) is 15.8. The van der Waals surface area contributed by atoms with Crippen LogP contribution in [-0.4, -0.2) is 40.7 Å². The minimum atomic E-state index is -0.259. The van der Waals surface area contributed by atoms with E-state index in [1.807, 2.05) is 9.80 Å². The lowest BCUT2D eigenvalue weighted by Crippen LogP contribution is -2.57. The van der Waals surface area contributed by atoms with Gasteiger partial charge in [-0.05, 0) is 49.3 Å². The second-order valence-corrected chi connectivity index (χ2v) is 7.60. The van der Waals surface area contributed by atoms with Crippen LogP contribution in [0.4, 0.5) is 4.39 Å². The highest BCUT2D eigenvalue weighted by atomic mass is 19.1. The maximum atomic E-state index is 13.1. The number of halogens is 1. The molecule has 0 unspecified atom stereocenters. The lowest BCUT2D eigenvalue weighted by Gasteiger charge is -2.47. The molecule has 1 aromatic carbocycles. The third-order valence-electron chi connectivity index (χ3n) is 6.06. The zero-order valence-electron chi connectivity index (χ0n) is 15.8. The summed E-state index contributed by atoms with van der Waals surface area (Å²) >= 11 is 0. The van der Waals surface area contributed by atoms with E-state index in [1.54, 1.807) is 12.1 Å². The zero-order chi connectivity index (χ0) is 18.7. The molecule has 142 valence electrons. The van der Waals surface area contributed by atoms with Crippen LogP contribution in [0.2, 0.25) is 0 Å². The molecule has 0 spiro atoms. The fourth-order valence-electron chi connectivity index (χ4n) is 4.44. The molecule has 2 saturated heterocycles. The van der Waals surface area contributed by atoms with Crippen molar-refractivity contribution in [3.8, 4) is 0 Å². The second kappa shape index (κ2) is 8.19. The molecule has 26 heavy (non-hydrogen) atoms. The molecule has 2 heterocycles. The van der Waals surface area contributed by atoms with Gasteiger partial charge in [0.25, 0.3) is 0 Å². The molecule has 0 radical (unpaired) electrons. The fourth-order valence-corrected chi connectivity index (χ4v) is 4.44. The first-order valence-electron chi connectivity index (χ1n) is 9.86. The first-order chi connectivity index (χ1) is 12.5. The standard InChI is InChI=1S/C21H29FN2O2/c1-3-16(4-2)21(26)23-12-11-19-17(14-23)7-10-20(25)24(19)13-15-5-8-18(22)9-6-15/h5-6,8-9,16-17,19H,3-4,7,10-14H2,1-2H3/t17-,19+/m0/s1. The molecule has 3 rings (SSSR count). The van der Waals surface area contributed by atoms with Crippen molar-refractivity contribution in [2.24, 2.45) is 11.8 Å². The van der Waals surface area contributed by atoms with Gasteiger partial charge in [-0.2, -0.15) is 0 Å². The average molecular weight is 360 g/mol. The Morgan fingerprint density at radius 2 is 1.88 bits per heavy atom. The second-order valence-electron chi connectivity index (χ2n) is 7.60. The maximum Gasteiger partial charge on any atom is 0.225 e. The Morgan fingerprint density at radius 1 is 1.19 bits per heavy atom. The third-order valence-corrected chi connectivity index (χ3v) is 6.06. The van der Waals surface area contributed by atoms with E-state index < -0.39 is 0 Å². The van der Waals surface area contributed by atoms with Crippen molar-refractivity contribution in [1.82, 2.24) is 9.80 Å². The molecule has 0 aromatic heterocycles. The highest BCUT2D eigenvalue weighted by molar-refractivity contribution is 5.80. The SMILES string of the molecule is CCC(CC)C(=O)N1CC[C@@H]2[C@@H](CCC(=O)N2Cc2ccc(F)cc2)C1. The van der Waals surface area contributed by atoms with Gasteiger partial charge < -0.3 is 9.80 Å². The van der Waals surface area contributed by atoms with Crippen LogP contribution in [-0.2, 0) is 16.1 Å². The van der Waals surface area contributed by atoms with E-state index in [0.717, 1.165) is 44.3 Å². The number of carbonyl (C=O) groups excluding carboxylic acids is 2. The van der Waals surface area contributed by atoms with E-state index in [1.165, 1.54) is 12.1 Å². The fraction of sp³-hybridized carbons (Fsp3) is 0.619. The minimum Gasteiger partial charge on any atom is -0.342 e. The molecular formula is C21H29FN2O2. The van der Waals surface area contributed by atoms with Gasteiger partial charge in [-0.15, -0.1) is 0 Å². The predicted octanol–water partition coefficient (Wildman–Crippen LogP) is 3.60. The van der Waals surface area contributed by atoms with Crippen LogP contribution in [0.3, 0.4) is 0 Å². The summed E-state index contributed by atoms with van der Waals surface area (Å²) in [4.78, 5) is 29.2. The van der Waals surface area contributed by atoms with Crippen LogP contribution in [0, 0.1) is 17.7 Å². The number of rotatable bonds is 5. The molecule has 2 amide bonds. The number of nitrogens with zero attached hydrogens (tertiary/aromatic N) is 2. The Labute approximate surface area is 155 Å². The monoisotopic (exact) mass is 360 g/mol. The van der Waals surface area contributed by atoms with Crippen molar-refractivity contribution in [3.05, 3.63) is 35.6 Å². The molecule has 2 aliphatic heterocycles. The van der Waals surface area contributed by atoms with E-state index in [-0.39, 0.29) is 29.6 Å². The average Bonchev–Trinajstić information content (AvgIpc) is 2.66. The van der Waals surface area contributed by atoms with Crippen LogP contribution in [0.1, 0.15) is 51.5 Å². The number of piperidine rings is 2. The maximum absolute atomic E-state index is 13.1. The summed E-state index contributed by atoms with van der Waals surface area (Å²) in [5.74, 6) is 0.655. The quantitative estimate of drug-likeness (QED) is 0.805. The summed E-state index contributed by atoms with van der Waals surface area (Å²) in [7, 11) is 0. The molecule has 0 bridgehead atoms. The summed E-state index contributed by atoms with van der Waals surface area (Å²) < 4.78 is 13.1. The predicted molar refractivity (Wildman–Crippen MR) is 98.7 cm³/mol. The van der Waals surface area contributed by atoms with Crippen molar-refractivity contribution in [2.45, 2.75) is 58.5 Å². The van der Waals surface area contributed by atoms with Gasteiger partial charge >= 0.3 is 0 Å². The van der Waals surface area contributed by atoms with Crippen molar-refractivity contribution in [3.63, 3.8) is 0 Å². The molecule has 0 N–H and O–H groups in total. The van der Waals surface area contributed by atoms with Gasteiger partial charge in [-0.1, -0.05) is 26.0 Å². The molecular weight excluding hydrogens is 331 g/mol.